The van der Waals surface area contributed by atoms with Gasteiger partial charge in [-0.3, -0.25) is 0 Å². The number of rotatable bonds is 5. The van der Waals surface area contributed by atoms with Crippen LogP contribution in [-0.2, 0) is 0 Å². The zero-order valence-corrected chi connectivity index (χ0v) is 14.7. The first-order valence-electron chi connectivity index (χ1n) is 7.87. The molecule has 3 aromatic rings. The molecule has 0 saturated carbocycles. The highest BCUT2D eigenvalue weighted by molar-refractivity contribution is 5.70. The number of benzene rings is 2. The van der Waals surface area contributed by atoms with Gasteiger partial charge in [-0.05, 0) is 55.5 Å². The molecule has 0 N–H and O–H groups in total. The van der Waals surface area contributed by atoms with E-state index in [1.165, 1.54) is 0 Å². The Morgan fingerprint density at radius 2 is 1.08 bits per heavy atom. The highest BCUT2D eigenvalue weighted by Crippen LogP contribution is 2.32. The second kappa shape index (κ2) is 7.21. The smallest absolute Gasteiger partial charge is 0.240 e. The Hall–Kier alpha value is -3.08. The molecule has 0 bridgehead atoms. The molecule has 3 rings (SSSR count). The van der Waals surface area contributed by atoms with E-state index < -0.39 is 0 Å². The normalized spacial score (nSPS) is 10.4. The van der Waals surface area contributed by atoms with Crippen molar-refractivity contribution in [3.8, 4) is 39.9 Å². The van der Waals surface area contributed by atoms with Crippen LogP contribution in [0.1, 0.15) is 5.69 Å². The van der Waals surface area contributed by atoms with Crippen LogP contribution in [0.5, 0.6) is 17.4 Å². The van der Waals surface area contributed by atoms with Gasteiger partial charge in [0, 0.05) is 11.1 Å². The molecule has 0 aliphatic carbocycles. The maximum Gasteiger partial charge on any atom is 0.240 e. The fourth-order valence-electron chi connectivity index (χ4n) is 2.61. The fraction of sp³-hybridized carbons (Fsp3) is 0.200. The molecule has 0 aliphatic rings. The van der Waals surface area contributed by atoms with E-state index in [0.717, 1.165) is 34.0 Å². The highest BCUT2D eigenvalue weighted by Gasteiger charge is 2.15. The molecule has 0 radical (unpaired) electrons. The summed E-state index contributed by atoms with van der Waals surface area (Å²) in [6.07, 6.45) is 0. The summed E-state index contributed by atoms with van der Waals surface area (Å²) in [5.74, 6) is 2.08. The van der Waals surface area contributed by atoms with Crippen LogP contribution in [0.25, 0.3) is 22.5 Å². The summed E-state index contributed by atoms with van der Waals surface area (Å²) in [7, 11) is 4.89. The molecule has 0 amide bonds. The first-order valence-corrected chi connectivity index (χ1v) is 7.87. The number of hydrogen-bond acceptors (Lipinski definition) is 5. The van der Waals surface area contributed by atoms with Crippen molar-refractivity contribution in [2.24, 2.45) is 0 Å². The van der Waals surface area contributed by atoms with E-state index in [1.807, 2.05) is 55.5 Å². The maximum absolute atomic E-state index is 5.49. The van der Waals surface area contributed by atoms with E-state index in [1.54, 1.807) is 21.3 Å². The van der Waals surface area contributed by atoms with Crippen LogP contribution in [0.4, 0.5) is 0 Å². The molecule has 5 heteroatoms. The minimum Gasteiger partial charge on any atom is -0.497 e. The first-order chi connectivity index (χ1) is 12.2. The molecule has 0 saturated heterocycles. The molecule has 25 heavy (non-hydrogen) atoms. The second-order valence-corrected chi connectivity index (χ2v) is 5.47. The van der Waals surface area contributed by atoms with E-state index in [-0.39, 0.29) is 0 Å². The number of aryl methyl sites for hydroxylation is 1. The molecule has 2 aromatic carbocycles. The summed E-state index contributed by atoms with van der Waals surface area (Å²) in [4.78, 5) is 9.41. The molecule has 0 fully saturated rings. The minimum atomic E-state index is 0.488. The summed E-state index contributed by atoms with van der Waals surface area (Å²) in [5, 5.41) is 0. The Morgan fingerprint density at radius 1 is 0.600 bits per heavy atom. The Balaban J connectivity index is 2.05. The summed E-state index contributed by atoms with van der Waals surface area (Å²) >= 11 is 0. The van der Waals surface area contributed by atoms with Gasteiger partial charge in [-0.25, -0.2) is 9.97 Å². The molecule has 0 aliphatic heterocycles. The fourth-order valence-corrected chi connectivity index (χ4v) is 2.61. The summed E-state index contributed by atoms with van der Waals surface area (Å²) < 4.78 is 15.9. The van der Waals surface area contributed by atoms with Crippen LogP contribution >= 0.6 is 0 Å². The van der Waals surface area contributed by atoms with Crippen molar-refractivity contribution in [2.45, 2.75) is 6.92 Å². The molecular formula is C20H20N2O3. The van der Waals surface area contributed by atoms with Crippen LogP contribution in [0.3, 0.4) is 0 Å². The largest absolute Gasteiger partial charge is 0.497 e. The van der Waals surface area contributed by atoms with Crippen molar-refractivity contribution in [2.75, 3.05) is 21.3 Å². The molecule has 0 atom stereocenters. The Kier molecular flexibility index (Phi) is 4.84. The van der Waals surface area contributed by atoms with Crippen molar-refractivity contribution >= 4 is 0 Å². The van der Waals surface area contributed by atoms with Gasteiger partial charge < -0.3 is 14.2 Å². The lowest BCUT2D eigenvalue weighted by Crippen LogP contribution is -2.00. The van der Waals surface area contributed by atoms with Gasteiger partial charge in [0.1, 0.15) is 17.2 Å². The molecule has 5 nitrogen and oxygen atoms in total. The van der Waals surface area contributed by atoms with E-state index in [0.29, 0.717) is 11.6 Å². The third kappa shape index (κ3) is 3.40. The van der Waals surface area contributed by atoms with Crippen LogP contribution in [-0.4, -0.2) is 31.3 Å². The van der Waals surface area contributed by atoms with Crippen molar-refractivity contribution in [3.05, 3.63) is 54.2 Å². The molecular weight excluding hydrogens is 316 g/mol. The van der Waals surface area contributed by atoms with Crippen LogP contribution in [0.2, 0.25) is 0 Å². The molecule has 1 aromatic heterocycles. The minimum absolute atomic E-state index is 0.488. The van der Waals surface area contributed by atoms with Gasteiger partial charge in [0.2, 0.25) is 5.88 Å². The molecule has 128 valence electrons. The average molecular weight is 336 g/mol. The van der Waals surface area contributed by atoms with Crippen LogP contribution in [0, 0.1) is 6.92 Å². The van der Waals surface area contributed by atoms with Gasteiger partial charge in [-0.2, -0.15) is 0 Å². The number of nitrogens with zero attached hydrogens (tertiary/aromatic N) is 2. The van der Waals surface area contributed by atoms with Gasteiger partial charge >= 0.3 is 0 Å². The van der Waals surface area contributed by atoms with Crippen molar-refractivity contribution in [1.29, 1.82) is 0 Å². The lowest BCUT2D eigenvalue weighted by atomic mass is 10.1. The standard InChI is InChI=1S/C20H20N2O3/c1-13-18(14-5-9-16(23-2)10-6-14)22-20(25-4)19(21-13)15-7-11-17(24-3)12-8-15/h5-12H,1-4H3. The number of aromatic nitrogens is 2. The summed E-state index contributed by atoms with van der Waals surface area (Å²) in [5.41, 5.74) is 4.22. The monoisotopic (exact) mass is 336 g/mol. The second-order valence-electron chi connectivity index (χ2n) is 5.47. The first kappa shape index (κ1) is 16.8. The molecule has 0 unspecified atom stereocenters. The Labute approximate surface area is 147 Å². The topological polar surface area (TPSA) is 53.5 Å². The van der Waals surface area contributed by atoms with E-state index in [2.05, 4.69) is 4.98 Å². The van der Waals surface area contributed by atoms with Crippen molar-refractivity contribution < 1.29 is 14.2 Å². The lowest BCUT2D eigenvalue weighted by molar-refractivity contribution is 0.398. The Morgan fingerprint density at radius 3 is 1.52 bits per heavy atom. The van der Waals surface area contributed by atoms with Crippen LogP contribution in [0.15, 0.2) is 48.5 Å². The summed E-state index contributed by atoms with van der Waals surface area (Å²) in [6, 6.07) is 15.4. The zero-order valence-electron chi connectivity index (χ0n) is 14.7. The number of ether oxygens (including phenoxy) is 3. The molecule has 1 heterocycles. The van der Waals surface area contributed by atoms with Crippen LogP contribution < -0.4 is 14.2 Å². The average Bonchev–Trinajstić information content (AvgIpc) is 2.68. The van der Waals surface area contributed by atoms with Gasteiger partial charge in [0.25, 0.3) is 0 Å². The van der Waals surface area contributed by atoms with E-state index in [9.17, 15) is 0 Å². The van der Waals surface area contributed by atoms with E-state index >= 15 is 0 Å². The van der Waals surface area contributed by atoms with Crippen molar-refractivity contribution in [3.63, 3.8) is 0 Å². The Bertz CT molecular complexity index is 859. The maximum atomic E-state index is 5.49. The highest BCUT2D eigenvalue weighted by atomic mass is 16.5. The predicted octanol–water partition coefficient (Wildman–Crippen LogP) is 4.14. The quantitative estimate of drug-likeness (QED) is 0.701. The SMILES string of the molecule is COc1ccc(-c2nc(OC)c(-c3ccc(OC)cc3)nc2C)cc1. The third-order valence-corrected chi connectivity index (χ3v) is 3.96. The third-order valence-electron chi connectivity index (χ3n) is 3.96. The lowest BCUT2D eigenvalue weighted by Gasteiger charge is -2.12. The number of hydrogen-bond donors (Lipinski definition) is 0. The van der Waals surface area contributed by atoms with Crippen molar-refractivity contribution in [1.82, 2.24) is 9.97 Å². The summed E-state index contributed by atoms with van der Waals surface area (Å²) in [6.45, 7) is 1.94. The predicted molar refractivity (Wildman–Crippen MR) is 97.3 cm³/mol. The number of methoxy groups -OCH3 is 3. The molecule has 0 spiro atoms. The van der Waals surface area contributed by atoms with Gasteiger partial charge in [-0.15, -0.1) is 0 Å². The van der Waals surface area contributed by atoms with Gasteiger partial charge in [0.05, 0.1) is 32.7 Å². The van der Waals surface area contributed by atoms with E-state index in [4.69, 9.17) is 19.2 Å². The van der Waals surface area contributed by atoms with Gasteiger partial charge in [-0.1, -0.05) is 0 Å². The zero-order chi connectivity index (χ0) is 17.8. The van der Waals surface area contributed by atoms with Gasteiger partial charge in [0.15, 0.2) is 0 Å².